The number of benzene rings is 2. The number of sulfonamides is 1. The Labute approximate surface area is 205 Å². The summed E-state index contributed by atoms with van der Waals surface area (Å²) >= 11 is 6.58. The molecular weight excluding hydrogens is 470 g/mol. The Morgan fingerprint density at radius 2 is 1.68 bits per heavy atom. The van der Waals surface area contributed by atoms with Crippen molar-refractivity contribution in [2.45, 2.75) is 55.9 Å². The number of aromatic nitrogens is 1. The molecule has 3 aromatic rings. The zero-order valence-corrected chi connectivity index (χ0v) is 20.7. The summed E-state index contributed by atoms with van der Waals surface area (Å²) in [4.78, 5) is 18.3. The Morgan fingerprint density at radius 1 is 0.971 bits per heavy atom. The van der Waals surface area contributed by atoms with Crippen molar-refractivity contribution >= 4 is 38.4 Å². The lowest BCUT2D eigenvalue weighted by Gasteiger charge is -2.34. The lowest BCUT2D eigenvalue weighted by atomic mass is 9.85. The molecule has 0 bridgehead atoms. The van der Waals surface area contributed by atoms with Crippen molar-refractivity contribution in [1.82, 2.24) is 14.6 Å². The zero-order valence-electron chi connectivity index (χ0n) is 19.1. The van der Waals surface area contributed by atoms with E-state index in [2.05, 4.69) is 9.71 Å². The van der Waals surface area contributed by atoms with Gasteiger partial charge in [-0.05, 0) is 68.7 Å². The van der Waals surface area contributed by atoms with Crippen LogP contribution in [0, 0.1) is 5.92 Å². The van der Waals surface area contributed by atoms with Gasteiger partial charge in [-0.25, -0.2) is 13.1 Å². The van der Waals surface area contributed by atoms with Crippen LogP contribution in [0.5, 0.6) is 0 Å². The number of carbonyl (C=O) groups excluding carboxylic acids is 1. The van der Waals surface area contributed by atoms with Crippen LogP contribution in [-0.2, 0) is 14.8 Å². The van der Waals surface area contributed by atoms with Crippen molar-refractivity contribution in [3.8, 4) is 11.3 Å². The number of piperidine rings is 1. The molecule has 0 spiro atoms. The van der Waals surface area contributed by atoms with Crippen LogP contribution in [0.4, 0.5) is 0 Å². The average Bonchev–Trinajstić information content (AvgIpc) is 3.21. The minimum absolute atomic E-state index is 0.0210. The van der Waals surface area contributed by atoms with Crippen molar-refractivity contribution in [1.29, 1.82) is 0 Å². The third-order valence-corrected chi connectivity index (χ3v) is 9.06. The molecule has 1 saturated carbocycles. The highest BCUT2D eigenvalue weighted by Crippen LogP contribution is 2.35. The second-order valence-electron chi connectivity index (χ2n) is 9.44. The van der Waals surface area contributed by atoms with E-state index < -0.39 is 10.0 Å². The molecule has 1 aliphatic heterocycles. The molecule has 1 amide bonds. The van der Waals surface area contributed by atoms with Crippen LogP contribution < -0.4 is 4.72 Å². The maximum absolute atomic E-state index is 13.1. The van der Waals surface area contributed by atoms with Gasteiger partial charge in [0.05, 0.1) is 15.6 Å². The van der Waals surface area contributed by atoms with E-state index in [0.717, 1.165) is 55.4 Å². The number of H-pyrrole nitrogens is 1. The van der Waals surface area contributed by atoms with Crippen LogP contribution in [0.25, 0.3) is 22.2 Å². The molecule has 0 unspecified atom stereocenters. The highest BCUT2D eigenvalue weighted by atomic mass is 35.5. The third-order valence-electron chi connectivity index (χ3n) is 7.15. The van der Waals surface area contributed by atoms with Crippen molar-refractivity contribution in [2.75, 3.05) is 13.1 Å². The number of hydrogen-bond donors (Lipinski definition) is 2. The fraction of sp³-hybridized carbons (Fsp3) is 0.423. The molecule has 0 atom stereocenters. The molecule has 0 radical (unpaired) electrons. The van der Waals surface area contributed by atoms with Crippen LogP contribution in [0.1, 0.15) is 44.9 Å². The molecule has 34 heavy (non-hydrogen) atoms. The van der Waals surface area contributed by atoms with Gasteiger partial charge in [0.2, 0.25) is 15.9 Å². The van der Waals surface area contributed by atoms with Crippen molar-refractivity contribution in [2.24, 2.45) is 5.92 Å². The van der Waals surface area contributed by atoms with E-state index in [1.165, 1.54) is 6.42 Å². The summed E-state index contributed by atoms with van der Waals surface area (Å²) in [7, 11) is -3.69. The average molecular weight is 500 g/mol. The van der Waals surface area contributed by atoms with E-state index >= 15 is 0 Å². The second kappa shape index (κ2) is 9.72. The van der Waals surface area contributed by atoms with Gasteiger partial charge in [0.25, 0.3) is 0 Å². The second-order valence-corrected chi connectivity index (χ2v) is 11.5. The fourth-order valence-corrected chi connectivity index (χ4v) is 6.88. The van der Waals surface area contributed by atoms with Gasteiger partial charge in [0.1, 0.15) is 0 Å². The number of halogens is 1. The highest BCUT2D eigenvalue weighted by Gasteiger charge is 2.32. The van der Waals surface area contributed by atoms with Crippen molar-refractivity contribution in [3.05, 3.63) is 53.6 Å². The van der Waals surface area contributed by atoms with Gasteiger partial charge in [0.15, 0.2) is 0 Å². The topological polar surface area (TPSA) is 82.3 Å². The number of fused-ring (bicyclic) bond motifs is 1. The molecule has 2 fully saturated rings. The van der Waals surface area contributed by atoms with Gasteiger partial charge < -0.3 is 9.88 Å². The summed E-state index contributed by atoms with van der Waals surface area (Å²) in [5.74, 6) is 0.275. The molecular formula is C26H30ClN3O3S. The van der Waals surface area contributed by atoms with Crippen LogP contribution in [0.15, 0.2) is 53.4 Å². The molecule has 180 valence electrons. The van der Waals surface area contributed by atoms with Crippen LogP contribution in [0.2, 0.25) is 5.02 Å². The molecule has 2 N–H and O–H groups in total. The molecule has 2 aromatic carbocycles. The highest BCUT2D eigenvalue weighted by molar-refractivity contribution is 7.89. The Bertz CT molecular complexity index is 1280. The molecule has 2 aliphatic rings. The standard InChI is InChI=1S/C26H30ClN3O3S/c27-24-22-14-13-21(17-23(22)28-25(24)18-7-3-1-4-8-18)34(32,33)29-20-11-9-19(10-12-20)26(31)30-15-5-2-6-16-30/h1,3-4,7-8,13-14,17,19-20,28-29H,2,5-6,9-12,15-16H2. The summed E-state index contributed by atoms with van der Waals surface area (Å²) in [6, 6.07) is 14.6. The first-order valence-corrected chi connectivity index (χ1v) is 14.0. The number of nitrogens with zero attached hydrogens (tertiary/aromatic N) is 1. The maximum atomic E-state index is 13.1. The van der Waals surface area contributed by atoms with Crippen LogP contribution in [-0.4, -0.2) is 43.3 Å². The number of nitrogens with one attached hydrogen (secondary N) is 2. The first kappa shape index (κ1) is 23.4. The lowest BCUT2D eigenvalue weighted by Crippen LogP contribution is -2.43. The Kier molecular flexibility index (Phi) is 6.69. The van der Waals surface area contributed by atoms with E-state index in [-0.39, 0.29) is 22.8 Å². The number of amides is 1. The Hall–Kier alpha value is -2.35. The van der Waals surface area contributed by atoms with Crippen LogP contribution >= 0.6 is 11.6 Å². The molecule has 1 aromatic heterocycles. The molecule has 1 aliphatic carbocycles. The summed E-state index contributed by atoms with van der Waals surface area (Å²) < 4.78 is 29.1. The summed E-state index contributed by atoms with van der Waals surface area (Å²) in [6.07, 6.45) is 6.19. The normalized spacial score (nSPS) is 21.6. The van der Waals surface area contributed by atoms with Crippen LogP contribution in [0.3, 0.4) is 0 Å². The first-order valence-electron chi connectivity index (χ1n) is 12.1. The van der Waals surface area contributed by atoms with E-state index in [1.807, 2.05) is 35.2 Å². The summed E-state index contributed by atoms with van der Waals surface area (Å²) in [5, 5.41) is 1.37. The number of rotatable bonds is 5. The largest absolute Gasteiger partial charge is 0.353 e. The summed E-state index contributed by atoms with van der Waals surface area (Å²) in [5.41, 5.74) is 2.40. The SMILES string of the molecule is O=C(C1CCC(NS(=O)(=O)c2ccc3c(Cl)c(-c4ccccc4)[nH]c3c2)CC1)N1CCCCC1. The monoisotopic (exact) mass is 499 g/mol. The van der Waals surface area contributed by atoms with Crippen molar-refractivity contribution < 1.29 is 13.2 Å². The van der Waals surface area contributed by atoms with Gasteiger partial charge in [-0.3, -0.25) is 4.79 Å². The third kappa shape index (κ3) is 4.74. The maximum Gasteiger partial charge on any atom is 0.240 e. The molecule has 8 heteroatoms. The molecule has 2 heterocycles. The van der Waals surface area contributed by atoms with E-state index in [1.54, 1.807) is 18.2 Å². The predicted octanol–water partition coefficient (Wildman–Crippen LogP) is 5.34. The van der Waals surface area contributed by atoms with Gasteiger partial charge in [-0.2, -0.15) is 0 Å². The lowest BCUT2D eigenvalue weighted by molar-refractivity contribution is -0.137. The Morgan fingerprint density at radius 3 is 2.38 bits per heavy atom. The zero-order chi connectivity index (χ0) is 23.7. The number of aromatic amines is 1. The smallest absolute Gasteiger partial charge is 0.240 e. The quantitative estimate of drug-likeness (QED) is 0.497. The molecule has 6 nitrogen and oxygen atoms in total. The predicted molar refractivity (Wildman–Crippen MR) is 135 cm³/mol. The number of carbonyl (C=O) groups is 1. The van der Waals surface area contributed by atoms with E-state index in [9.17, 15) is 13.2 Å². The van der Waals surface area contributed by atoms with E-state index in [4.69, 9.17) is 11.6 Å². The first-order chi connectivity index (χ1) is 16.4. The fourth-order valence-electron chi connectivity index (χ4n) is 5.23. The number of hydrogen-bond acceptors (Lipinski definition) is 3. The summed E-state index contributed by atoms with van der Waals surface area (Å²) in [6.45, 7) is 1.73. The minimum Gasteiger partial charge on any atom is -0.353 e. The van der Waals surface area contributed by atoms with Gasteiger partial charge >= 0.3 is 0 Å². The van der Waals surface area contributed by atoms with Gasteiger partial charge in [-0.1, -0.05) is 41.9 Å². The molecule has 5 rings (SSSR count). The Balaban J connectivity index is 1.27. The van der Waals surface area contributed by atoms with Gasteiger partial charge in [-0.15, -0.1) is 0 Å². The number of likely N-dealkylation sites (tertiary alicyclic amines) is 1. The molecule has 1 saturated heterocycles. The minimum atomic E-state index is -3.69. The van der Waals surface area contributed by atoms with E-state index in [0.29, 0.717) is 23.4 Å². The van der Waals surface area contributed by atoms with Crippen molar-refractivity contribution in [3.63, 3.8) is 0 Å². The van der Waals surface area contributed by atoms with Gasteiger partial charge in [0, 0.05) is 36.0 Å².